The third-order valence-electron chi connectivity index (χ3n) is 7.07. The average molecular weight is 624 g/mol. The van der Waals surface area contributed by atoms with Gasteiger partial charge in [0.25, 0.3) is 0 Å². The second kappa shape index (κ2) is 19.3. The summed E-state index contributed by atoms with van der Waals surface area (Å²) in [6.45, 7) is 2.46. The second-order valence-corrected chi connectivity index (χ2v) is 13.8. The maximum Gasteiger partial charge on any atom is 0.353 e. The number of aromatic nitrogens is 4. The molecule has 234 valence electrons. The number of benzene rings is 1. The zero-order valence-corrected chi connectivity index (χ0v) is 26.5. The van der Waals surface area contributed by atoms with E-state index in [4.69, 9.17) is 15.0 Å². The van der Waals surface area contributed by atoms with Crippen LogP contribution in [-0.2, 0) is 26.8 Å². The highest BCUT2D eigenvalue weighted by molar-refractivity contribution is 7.99. The number of nitrogens with zero attached hydrogens (tertiary/aromatic N) is 4. The molecule has 0 saturated heterocycles. The Bertz CT molecular complexity index is 1230. The summed E-state index contributed by atoms with van der Waals surface area (Å²) in [6.07, 6.45) is 16.2. The van der Waals surface area contributed by atoms with Gasteiger partial charge in [0, 0.05) is 0 Å². The highest BCUT2D eigenvalue weighted by Gasteiger charge is 2.21. The molecule has 42 heavy (non-hydrogen) atoms. The molecule has 2 aromatic heterocycles. The summed E-state index contributed by atoms with van der Waals surface area (Å²) in [4.78, 5) is 22.4. The lowest BCUT2D eigenvalue weighted by Crippen LogP contribution is -2.17. The van der Waals surface area contributed by atoms with Gasteiger partial charge in [0.1, 0.15) is 24.0 Å². The molecule has 0 saturated carbocycles. The van der Waals surface area contributed by atoms with E-state index in [9.17, 15) is 13.8 Å². The van der Waals surface area contributed by atoms with Crippen molar-refractivity contribution < 1.29 is 23.1 Å². The Labute approximate surface area is 253 Å². The van der Waals surface area contributed by atoms with Gasteiger partial charge in [-0.1, -0.05) is 69.6 Å². The number of ether oxygens (including phenoxy) is 1. The minimum Gasteiger partial charge on any atom is -0.382 e. The highest BCUT2D eigenvalue weighted by atomic mass is 32.2. The van der Waals surface area contributed by atoms with Gasteiger partial charge in [-0.3, -0.25) is 4.57 Å². The number of unbranched alkanes of at least 4 members (excludes halogenated alkanes) is 9. The molecule has 0 aliphatic heterocycles. The fourth-order valence-corrected chi connectivity index (χ4v) is 6.59. The molecule has 3 aromatic rings. The molecule has 0 amide bonds. The molecule has 1 unspecified atom stereocenters. The largest absolute Gasteiger partial charge is 0.382 e. The summed E-state index contributed by atoms with van der Waals surface area (Å²) < 4.78 is 38.5. The molecular weight excluding hydrogens is 576 g/mol. The molecule has 3 N–H and O–H groups in total. The first-order valence-electron chi connectivity index (χ1n) is 15.2. The Hall–Kier alpha value is -2.04. The van der Waals surface area contributed by atoms with Gasteiger partial charge in [-0.15, -0.1) is 0 Å². The fraction of sp³-hybridized carbons (Fsp3) is 0.633. The van der Waals surface area contributed by atoms with Crippen LogP contribution in [0.5, 0.6) is 0 Å². The van der Waals surface area contributed by atoms with Crippen molar-refractivity contribution >= 4 is 36.3 Å². The molecule has 9 nitrogen and oxygen atoms in total. The Kier molecular flexibility index (Phi) is 15.8. The van der Waals surface area contributed by atoms with Crippen molar-refractivity contribution in [3.8, 4) is 0 Å². The van der Waals surface area contributed by atoms with Crippen LogP contribution in [0.2, 0.25) is 0 Å². The number of halogens is 1. The third kappa shape index (κ3) is 13.1. The fourth-order valence-electron chi connectivity index (χ4n) is 4.73. The maximum absolute atomic E-state index is 13.6. The smallest absolute Gasteiger partial charge is 0.353 e. The van der Waals surface area contributed by atoms with Crippen LogP contribution in [0, 0.1) is 5.82 Å². The second-order valence-electron chi connectivity index (χ2n) is 10.7. The molecule has 3 rings (SSSR count). The molecule has 0 aliphatic rings. The summed E-state index contributed by atoms with van der Waals surface area (Å²) in [5, 5.41) is 0. The van der Waals surface area contributed by atoms with Crippen LogP contribution in [0.4, 0.5) is 10.2 Å². The van der Waals surface area contributed by atoms with Gasteiger partial charge in [0.15, 0.2) is 11.5 Å². The van der Waals surface area contributed by atoms with Crippen LogP contribution in [0.1, 0.15) is 83.1 Å². The number of hydrogen-bond donors (Lipinski definition) is 2. The van der Waals surface area contributed by atoms with Gasteiger partial charge >= 0.3 is 7.60 Å². The van der Waals surface area contributed by atoms with Crippen LogP contribution in [0.15, 0.2) is 36.9 Å². The zero-order valence-electron chi connectivity index (χ0n) is 24.8. The predicted octanol–water partition coefficient (Wildman–Crippen LogP) is 7.38. The first kappa shape index (κ1) is 34.5. The quantitative estimate of drug-likeness (QED) is 0.0822. The number of nitrogens with two attached hydrogens (primary N) is 1. The monoisotopic (exact) mass is 623 g/mol. The van der Waals surface area contributed by atoms with Gasteiger partial charge in [0.05, 0.1) is 25.6 Å². The van der Waals surface area contributed by atoms with Crippen molar-refractivity contribution in [3.63, 3.8) is 0 Å². The summed E-state index contributed by atoms with van der Waals surface area (Å²) >= 11 is 1.87. The number of nitrogen functional groups attached to an aromatic ring is 1. The molecule has 0 bridgehead atoms. The Morgan fingerprint density at radius 2 is 1.64 bits per heavy atom. The maximum atomic E-state index is 13.6. The topological polar surface area (TPSA) is 125 Å². The van der Waals surface area contributed by atoms with E-state index in [2.05, 4.69) is 15.0 Å². The van der Waals surface area contributed by atoms with Crippen LogP contribution in [0.3, 0.4) is 0 Å². The zero-order chi connectivity index (χ0) is 30.0. The van der Waals surface area contributed by atoms with Crippen molar-refractivity contribution in [1.29, 1.82) is 0 Å². The van der Waals surface area contributed by atoms with Crippen LogP contribution >= 0.6 is 19.4 Å². The molecule has 0 aliphatic carbocycles. The molecule has 1 aromatic carbocycles. The Balaban J connectivity index is 1.08. The minimum absolute atomic E-state index is 0.0770. The average Bonchev–Trinajstić information content (AvgIpc) is 3.38. The van der Waals surface area contributed by atoms with Crippen molar-refractivity contribution in [3.05, 3.63) is 48.3 Å². The number of thioether (sulfide) groups is 1. The van der Waals surface area contributed by atoms with Crippen molar-refractivity contribution in [1.82, 2.24) is 19.5 Å². The molecule has 0 radical (unpaired) electrons. The first-order chi connectivity index (χ1) is 20.4. The van der Waals surface area contributed by atoms with Gasteiger partial charge in [-0.25, -0.2) is 19.3 Å². The molecular formula is C30H47FN5O4PS. The summed E-state index contributed by atoms with van der Waals surface area (Å²) in [5.74, 6) is 2.25. The Morgan fingerprint density at radius 3 is 2.38 bits per heavy atom. The lowest BCUT2D eigenvalue weighted by Gasteiger charge is -2.17. The predicted molar refractivity (Wildman–Crippen MR) is 169 cm³/mol. The van der Waals surface area contributed by atoms with Crippen LogP contribution in [0.25, 0.3) is 11.2 Å². The number of fused-ring (bicyclic) bond motifs is 1. The van der Waals surface area contributed by atoms with E-state index < -0.39 is 7.60 Å². The molecule has 12 heteroatoms. The molecule has 2 heterocycles. The molecule has 2 atom stereocenters. The number of rotatable bonds is 23. The first-order valence-corrected chi connectivity index (χ1v) is 18.1. The summed E-state index contributed by atoms with van der Waals surface area (Å²) in [5.41, 5.74) is 7.76. The van der Waals surface area contributed by atoms with Crippen molar-refractivity contribution in [2.45, 2.75) is 96.6 Å². The normalized spacial score (nSPS) is 13.9. The third-order valence-corrected chi connectivity index (χ3v) is 9.29. The molecule has 0 spiro atoms. The summed E-state index contributed by atoms with van der Waals surface area (Å²) in [6, 6.07) is 7.09. The van der Waals surface area contributed by atoms with Crippen molar-refractivity contribution in [2.24, 2.45) is 0 Å². The van der Waals surface area contributed by atoms with Gasteiger partial charge < -0.3 is 24.5 Å². The van der Waals surface area contributed by atoms with E-state index in [0.717, 1.165) is 36.3 Å². The van der Waals surface area contributed by atoms with E-state index in [0.29, 0.717) is 23.5 Å². The highest BCUT2D eigenvalue weighted by Crippen LogP contribution is 2.42. The number of aryl methyl sites for hydroxylation is 1. The van der Waals surface area contributed by atoms with Crippen LogP contribution in [-0.4, -0.2) is 55.0 Å². The van der Waals surface area contributed by atoms with Gasteiger partial charge in [0.2, 0.25) is 0 Å². The van der Waals surface area contributed by atoms with Gasteiger partial charge in [-0.05, 0) is 55.7 Å². The lowest BCUT2D eigenvalue weighted by atomic mass is 10.0. The summed E-state index contributed by atoms with van der Waals surface area (Å²) in [7, 11) is -3.81. The van der Waals surface area contributed by atoms with E-state index in [1.807, 2.05) is 30.8 Å². The van der Waals surface area contributed by atoms with E-state index in [1.165, 1.54) is 64.1 Å². The number of imidazole rings is 1. The standard InChI is InChI=1S/C30H47FN5O4PS/c1-25(21-36-23-35-28-29(32)33-22-34-30(28)36)39-24-41(37,38)40-18-14-20-42-19-13-9-7-5-3-2-4-6-8-10-15-26-16-11-12-17-27(26)31/h11-12,16-17,22-23,25H,2-10,13-15,18-21,24H2,1H3,(H,37,38)(H2,32,33,34)/t25-/m1/s1. The van der Waals surface area contributed by atoms with Crippen molar-refractivity contribution in [2.75, 3.05) is 30.2 Å². The number of anilines is 1. The SMILES string of the molecule is C[C@H](Cn1cnc2c(N)ncnc21)OCP(=O)(O)OCCCSCCCCCCCCCCCCc1ccccc1F. The van der Waals surface area contributed by atoms with E-state index in [1.54, 1.807) is 23.0 Å². The van der Waals surface area contributed by atoms with Crippen LogP contribution < -0.4 is 5.73 Å². The lowest BCUT2D eigenvalue weighted by molar-refractivity contribution is 0.0718. The van der Waals surface area contributed by atoms with Gasteiger partial charge in [-0.2, -0.15) is 11.8 Å². The van der Waals surface area contributed by atoms with E-state index >= 15 is 0 Å². The molecule has 0 fully saturated rings. The Morgan fingerprint density at radius 1 is 0.976 bits per heavy atom. The van der Waals surface area contributed by atoms with E-state index in [-0.39, 0.29) is 24.9 Å². The minimum atomic E-state index is -3.81. The number of hydrogen-bond acceptors (Lipinski definition) is 8.